The number of nitrogens with two attached hydrogens (primary N) is 1. The largest absolute Gasteiger partial charge is 0.349 e. The molecule has 0 heterocycles. The lowest BCUT2D eigenvalue weighted by Gasteiger charge is -2.28. The summed E-state index contributed by atoms with van der Waals surface area (Å²) in [6.07, 6.45) is 6.72. The fourth-order valence-corrected chi connectivity index (χ4v) is 3.52. The number of rotatable bonds is 3. The van der Waals surface area contributed by atoms with Crippen molar-refractivity contribution in [3.63, 3.8) is 0 Å². The van der Waals surface area contributed by atoms with E-state index in [4.69, 9.17) is 5.73 Å². The van der Waals surface area contributed by atoms with Crippen LogP contribution >= 0.6 is 11.8 Å². The number of nitrogens with one attached hydrogen (secondary N) is 1. The number of carbonyl (C=O) groups is 1. The van der Waals surface area contributed by atoms with Crippen LogP contribution in [0.2, 0.25) is 0 Å². The highest BCUT2D eigenvalue weighted by molar-refractivity contribution is 7.99. The fraction of sp³-hybridized carbons (Fsp3) is 0.471. The van der Waals surface area contributed by atoms with Gasteiger partial charge in [0.05, 0.1) is 12.1 Å². The Labute approximate surface area is 131 Å². The summed E-state index contributed by atoms with van der Waals surface area (Å²) in [5.74, 6) is 5.76. The van der Waals surface area contributed by atoms with E-state index < -0.39 is 0 Å². The molecule has 3 nitrogen and oxygen atoms in total. The average Bonchev–Trinajstić information content (AvgIpc) is 2.53. The standard InChI is InChI=1S/C17H22N2OS/c1-21-15-9-4-8-14(12-15)19-17(20)16-10-3-2-6-13(16)7-5-11-18/h2-3,6,10,14-15H,4,8-9,11-12,18H2,1H3,(H,19,20). The van der Waals surface area contributed by atoms with E-state index in [-0.39, 0.29) is 11.9 Å². The van der Waals surface area contributed by atoms with Crippen LogP contribution in [0.4, 0.5) is 0 Å². The minimum absolute atomic E-state index is 0.0244. The lowest BCUT2D eigenvalue weighted by molar-refractivity contribution is 0.0928. The maximum atomic E-state index is 12.5. The van der Waals surface area contributed by atoms with Crippen molar-refractivity contribution in [1.29, 1.82) is 0 Å². The average molecular weight is 302 g/mol. The van der Waals surface area contributed by atoms with Crippen LogP contribution in [0.15, 0.2) is 24.3 Å². The number of hydrogen-bond acceptors (Lipinski definition) is 3. The smallest absolute Gasteiger partial charge is 0.252 e. The Bertz CT molecular complexity index is 547. The molecular weight excluding hydrogens is 280 g/mol. The Hall–Kier alpha value is -1.44. The number of amides is 1. The molecule has 1 aliphatic carbocycles. The van der Waals surface area contributed by atoms with Crippen molar-refractivity contribution in [2.75, 3.05) is 12.8 Å². The van der Waals surface area contributed by atoms with Crippen molar-refractivity contribution >= 4 is 17.7 Å². The zero-order chi connectivity index (χ0) is 15.1. The molecule has 112 valence electrons. The van der Waals surface area contributed by atoms with Crippen LogP contribution in [0.25, 0.3) is 0 Å². The summed E-state index contributed by atoms with van der Waals surface area (Å²) in [6, 6.07) is 7.73. The summed E-state index contributed by atoms with van der Waals surface area (Å²) >= 11 is 1.90. The molecule has 4 heteroatoms. The van der Waals surface area contributed by atoms with Gasteiger partial charge in [0.1, 0.15) is 0 Å². The molecule has 21 heavy (non-hydrogen) atoms. The summed E-state index contributed by atoms with van der Waals surface area (Å²) in [4.78, 5) is 12.5. The first-order valence-corrected chi connectivity index (χ1v) is 8.65. The van der Waals surface area contributed by atoms with Gasteiger partial charge in [0, 0.05) is 16.9 Å². The van der Waals surface area contributed by atoms with E-state index in [0.29, 0.717) is 17.4 Å². The predicted octanol–water partition coefficient (Wildman–Crippen LogP) is 2.40. The Balaban J connectivity index is 2.06. The van der Waals surface area contributed by atoms with Gasteiger partial charge in [-0.25, -0.2) is 0 Å². The quantitative estimate of drug-likeness (QED) is 0.843. The van der Waals surface area contributed by atoms with E-state index in [1.165, 1.54) is 12.8 Å². The summed E-state index contributed by atoms with van der Waals surface area (Å²) in [7, 11) is 0. The van der Waals surface area contributed by atoms with Gasteiger partial charge < -0.3 is 11.1 Å². The van der Waals surface area contributed by atoms with E-state index in [2.05, 4.69) is 23.4 Å². The molecule has 1 aromatic carbocycles. The van der Waals surface area contributed by atoms with Crippen LogP contribution in [0.5, 0.6) is 0 Å². The molecule has 2 rings (SSSR count). The van der Waals surface area contributed by atoms with Crippen molar-refractivity contribution in [1.82, 2.24) is 5.32 Å². The highest BCUT2D eigenvalue weighted by atomic mass is 32.2. The Kier molecular flexibility index (Phi) is 6.16. The molecule has 1 fully saturated rings. The molecule has 0 aliphatic heterocycles. The predicted molar refractivity (Wildman–Crippen MR) is 89.4 cm³/mol. The molecule has 0 aromatic heterocycles. The van der Waals surface area contributed by atoms with Gasteiger partial charge in [0.15, 0.2) is 0 Å². The lowest BCUT2D eigenvalue weighted by Crippen LogP contribution is -2.39. The van der Waals surface area contributed by atoms with Gasteiger partial charge in [-0.2, -0.15) is 11.8 Å². The summed E-state index contributed by atoms with van der Waals surface area (Å²) in [6.45, 7) is 0.300. The van der Waals surface area contributed by atoms with Crippen molar-refractivity contribution in [3.05, 3.63) is 35.4 Å². The number of hydrogen-bond donors (Lipinski definition) is 2. The first kappa shape index (κ1) is 15.9. The van der Waals surface area contributed by atoms with E-state index in [0.717, 1.165) is 18.4 Å². The monoisotopic (exact) mass is 302 g/mol. The van der Waals surface area contributed by atoms with Crippen molar-refractivity contribution < 1.29 is 4.79 Å². The molecular formula is C17H22N2OS. The van der Waals surface area contributed by atoms with Crippen molar-refractivity contribution in [2.24, 2.45) is 5.73 Å². The minimum Gasteiger partial charge on any atom is -0.349 e. The van der Waals surface area contributed by atoms with E-state index in [1.807, 2.05) is 36.0 Å². The zero-order valence-electron chi connectivity index (χ0n) is 12.4. The molecule has 3 N–H and O–H groups in total. The van der Waals surface area contributed by atoms with E-state index in [1.54, 1.807) is 0 Å². The molecule has 0 saturated heterocycles. The topological polar surface area (TPSA) is 55.1 Å². The molecule has 1 aliphatic rings. The van der Waals surface area contributed by atoms with E-state index in [9.17, 15) is 4.79 Å². The second kappa shape index (κ2) is 8.11. The summed E-state index contributed by atoms with van der Waals surface area (Å²) in [5.41, 5.74) is 6.80. The van der Waals surface area contributed by atoms with Gasteiger partial charge in [-0.05, 0) is 37.7 Å². The number of benzene rings is 1. The second-order valence-electron chi connectivity index (χ2n) is 5.25. The van der Waals surface area contributed by atoms with Crippen molar-refractivity contribution in [2.45, 2.75) is 37.0 Å². The number of thioether (sulfide) groups is 1. The van der Waals surface area contributed by atoms with Crippen LogP contribution in [0, 0.1) is 11.8 Å². The molecule has 1 saturated carbocycles. The third-order valence-corrected chi connectivity index (χ3v) is 4.89. The van der Waals surface area contributed by atoms with Crippen LogP contribution in [-0.4, -0.2) is 30.0 Å². The van der Waals surface area contributed by atoms with Crippen LogP contribution in [-0.2, 0) is 0 Å². The first-order valence-electron chi connectivity index (χ1n) is 7.36. The number of carbonyl (C=O) groups excluding carboxylic acids is 1. The maximum absolute atomic E-state index is 12.5. The first-order chi connectivity index (χ1) is 10.2. The fourth-order valence-electron chi connectivity index (χ4n) is 2.69. The molecule has 0 bridgehead atoms. The normalized spacial score (nSPS) is 21.2. The molecule has 0 spiro atoms. The third kappa shape index (κ3) is 4.52. The summed E-state index contributed by atoms with van der Waals surface area (Å²) < 4.78 is 0. The zero-order valence-corrected chi connectivity index (χ0v) is 13.2. The van der Waals surface area contributed by atoms with Crippen molar-refractivity contribution in [3.8, 4) is 11.8 Å². The Morgan fingerprint density at radius 2 is 2.24 bits per heavy atom. The lowest BCUT2D eigenvalue weighted by atomic mass is 9.94. The Morgan fingerprint density at radius 1 is 1.43 bits per heavy atom. The van der Waals surface area contributed by atoms with Crippen LogP contribution < -0.4 is 11.1 Å². The minimum atomic E-state index is -0.0244. The maximum Gasteiger partial charge on any atom is 0.252 e. The molecule has 0 radical (unpaired) electrons. The third-order valence-electron chi connectivity index (χ3n) is 3.79. The highest BCUT2D eigenvalue weighted by Gasteiger charge is 2.23. The molecule has 2 unspecified atom stereocenters. The van der Waals surface area contributed by atoms with Gasteiger partial charge in [0.2, 0.25) is 0 Å². The van der Waals surface area contributed by atoms with Gasteiger partial charge in [-0.3, -0.25) is 4.79 Å². The second-order valence-corrected chi connectivity index (χ2v) is 6.38. The van der Waals surface area contributed by atoms with Gasteiger partial charge in [0.25, 0.3) is 5.91 Å². The molecule has 2 atom stereocenters. The summed E-state index contributed by atoms with van der Waals surface area (Å²) in [5, 5.41) is 3.83. The van der Waals surface area contributed by atoms with Gasteiger partial charge in [-0.15, -0.1) is 0 Å². The SMILES string of the molecule is CSC1CCCC(NC(=O)c2ccccc2C#CCN)C1. The highest BCUT2D eigenvalue weighted by Crippen LogP contribution is 2.27. The Morgan fingerprint density at radius 3 is 3.00 bits per heavy atom. The molecule has 1 amide bonds. The van der Waals surface area contributed by atoms with Crippen LogP contribution in [0.3, 0.4) is 0 Å². The molecule has 1 aromatic rings. The van der Waals surface area contributed by atoms with Gasteiger partial charge in [-0.1, -0.05) is 30.4 Å². The van der Waals surface area contributed by atoms with Gasteiger partial charge >= 0.3 is 0 Å². The van der Waals surface area contributed by atoms with E-state index >= 15 is 0 Å². The van der Waals surface area contributed by atoms with Crippen LogP contribution in [0.1, 0.15) is 41.6 Å².